The number of fused-ring (bicyclic) bond motifs is 3. The largest absolute Gasteiger partial charge is 0.0817 e. The van der Waals surface area contributed by atoms with E-state index < -0.39 is 0 Å². The van der Waals surface area contributed by atoms with Gasteiger partial charge < -0.3 is 0 Å². The molecule has 0 aliphatic heterocycles. The van der Waals surface area contributed by atoms with Crippen molar-refractivity contribution in [2.24, 2.45) is 23.7 Å². The molecule has 0 saturated heterocycles. The molecule has 0 amide bonds. The molecule has 70 heavy (non-hydrogen) atoms. The van der Waals surface area contributed by atoms with Gasteiger partial charge in [-0.2, -0.15) is 0 Å². The number of benzene rings is 5. The zero-order valence-corrected chi connectivity index (χ0v) is 47.3. The molecule has 5 rings (SSSR count). The van der Waals surface area contributed by atoms with Gasteiger partial charge in [0, 0.05) is 0 Å². The summed E-state index contributed by atoms with van der Waals surface area (Å²) in [6, 6.07) is 31.8. The highest BCUT2D eigenvalue weighted by atomic mass is 14.2. The van der Waals surface area contributed by atoms with E-state index in [1.54, 1.807) is 0 Å². The van der Waals surface area contributed by atoms with Crippen LogP contribution in [0.3, 0.4) is 0 Å². The third kappa shape index (κ3) is 18.2. The van der Waals surface area contributed by atoms with Crippen LogP contribution in [0.1, 0.15) is 161 Å². The lowest BCUT2D eigenvalue weighted by molar-refractivity contribution is 0.558. The Balaban J connectivity index is 0.00000228. The summed E-state index contributed by atoms with van der Waals surface area (Å²) in [5.41, 5.74) is 12.8. The second-order valence-corrected chi connectivity index (χ2v) is 18.8. The van der Waals surface area contributed by atoms with Crippen LogP contribution in [0.5, 0.6) is 0 Å². The van der Waals surface area contributed by atoms with Crippen molar-refractivity contribution < 1.29 is 0 Å². The summed E-state index contributed by atoms with van der Waals surface area (Å²) < 4.78 is 0. The van der Waals surface area contributed by atoms with Crippen molar-refractivity contribution in [2.75, 3.05) is 0 Å². The van der Waals surface area contributed by atoms with Crippen molar-refractivity contribution >= 4 is 43.5 Å². The quantitative estimate of drug-likeness (QED) is 0.0607. The van der Waals surface area contributed by atoms with Crippen LogP contribution >= 0.6 is 0 Å². The fourth-order valence-corrected chi connectivity index (χ4v) is 7.85. The molecule has 0 bridgehead atoms. The maximum Gasteiger partial charge on any atom is -0.00264 e. The standard InChI is InChI=1S/C63H74.C3H8.2C2H6/c1-13-45(6)25-16-18-27-48(9)50(11)35-37-54(41-44(4)5)63-59-33-23-22-32-58(59)62(55(42-47(8)15-3)38-36-51(12)49(10)28-19-17-26-46(7)14-2)60-40-39-53(43-61(60)63)57-34-24-30-52-29-20-21-31-56(52)57;1-3-2;2*1-2/h16-45,48,50H,13-15H2,1-12H3;3H2,1-2H3;2*1-2H3/b19-17-,25-16-,27-18-,37-35-,46-26+,47-42-,49-28+,51-36+,54-41+,55-38+;;;. The Morgan fingerprint density at radius 2 is 1.01 bits per heavy atom. The highest BCUT2D eigenvalue weighted by Crippen LogP contribution is 2.43. The smallest absolute Gasteiger partial charge is 0.00264 e. The second kappa shape index (κ2) is 33.0. The van der Waals surface area contributed by atoms with E-state index in [-0.39, 0.29) is 0 Å². The summed E-state index contributed by atoms with van der Waals surface area (Å²) >= 11 is 0. The van der Waals surface area contributed by atoms with E-state index in [1.807, 2.05) is 27.7 Å². The van der Waals surface area contributed by atoms with Crippen LogP contribution in [0.4, 0.5) is 0 Å². The molecule has 0 aliphatic rings. The van der Waals surface area contributed by atoms with Gasteiger partial charge in [0.05, 0.1) is 0 Å². The lowest BCUT2D eigenvalue weighted by Gasteiger charge is -2.21. The third-order valence-electron chi connectivity index (χ3n) is 12.7. The number of hydrogen-bond donors (Lipinski definition) is 0. The van der Waals surface area contributed by atoms with Gasteiger partial charge in [-0.15, -0.1) is 0 Å². The van der Waals surface area contributed by atoms with E-state index in [4.69, 9.17) is 0 Å². The first-order chi connectivity index (χ1) is 33.8. The average molecular weight is 936 g/mol. The van der Waals surface area contributed by atoms with Crippen LogP contribution in [0.15, 0.2) is 192 Å². The summed E-state index contributed by atoms with van der Waals surface area (Å²) in [5, 5.41) is 7.60. The Hall–Kier alpha value is -5.72. The van der Waals surface area contributed by atoms with Crippen LogP contribution in [0.2, 0.25) is 0 Å². The minimum atomic E-state index is 0.355. The molecule has 0 heterocycles. The van der Waals surface area contributed by atoms with E-state index in [1.165, 1.54) is 94.4 Å². The van der Waals surface area contributed by atoms with Crippen molar-refractivity contribution in [3.8, 4) is 11.1 Å². The summed E-state index contributed by atoms with van der Waals surface area (Å²) in [6.07, 6.45) is 36.7. The zero-order chi connectivity index (χ0) is 52.2. The topological polar surface area (TPSA) is 0 Å². The molecule has 3 atom stereocenters. The van der Waals surface area contributed by atoms with E-state index in [0.717, 1.165) is 19.3 Å². The molecule has 5 aromatic rings. The molecule has 0 aliphatic carbocycles. The van der Waals surface area contributed by atoms with Crippen molar-refractivity contribution in [1.82, 2.24) is 0 Å². The predicted octanol–water partition coefficient (Wildman–Crippen LogP) is 22.9. The Kier molecular flexibility index (Phi) is 28.5. The van der Waals surface area contributed by atoms with Gasteiger partial charge >= 0.3 is 0 Å². The predicted molar refractivity (Wildman–Crippen MR) is 324 cm³/mol. The van der Waals surface area contributed by atoms with Crippen molar-refractivity contribution in [2.45, 2.75) is 150 Å². The molecule has 0 N–H and O–H groups in total. The molecule has 5 aromatic carbocycles. The Morgan fingerprint density at radius 1 is 0.486 bits per heavy atom. The van der Waals surface area contributed by atoms with E-state index in [9.17, 15) is 0 Å². The van der Waals surface area contributed by atoms with Gasteiger partial charge in [-0.25, -0.2) is 0 Å². The Bertz CT molecular complexity index is 2680. The van der Waals surface area contributed by atoms with Gasteiger partial charge in [0.15, 0.2) is 0 Å². The minimum Gasteiger partial charge on any atom is -0.0817 e. The lowest BCUT2D eigenvalue weighted by Crippen LogP contribution is -2.02. The molecule has 0 aromatic heterocycles. The van der Waals surface area contributed by atoms with Crippen LogP contribution < -0.4 is 0 Å². The Labute approximate surface area is 429 Å². The lowest BCUT2D eigenvalue weighted by atomic mass is 9.82. The minimum absolute atomic E-state index is 0.355. The van der Waals surface area contributed by atoms with E-state index in [0.29, 0.717) is 23.7 Å². The third-order valence-corrected chi connectivity index (χ3v) is 12.7. The molecular weight excluding hydrogens is 841 g/mol. The average Bonchev–Trinajstić information content (AvgIpc) is 3.38. The van der Waals surface area contributed by atoms with Gasteiger partial charge in [-0.3, -0.25) is 0 Å². The SMILES string of the molecule is CC.CC.CCC.CC\C(C)=C/C(=C\C=C(C)\C(C)=C\C=C/C=C(\C)CC)c1c2ccccc2c(C(/C=C\C(C)C(C)/C=C\C=C/C(C)CC)=C/C(C)C)c2cc(-c3cccc4ccccc34)ccc12. The van der Waals surface area contributed by atoms with Crippen molar-refractivity contribution in [3.63, 3.8) is 0 Å². The normalized spacial score (nSPS) is 14.6. The molecule has 3 unspecified atom stereocenters. The summed E-state index contributed by atoms with van der Waals surface area (Å²) in [6.45, 7) is 39.4. The number of allylic oxidation sites excluding steroid dienone is 20. The summed E-state index contributed by atoms with van der Waals surface area (Å²) in [7, 11) is 0. The molecule has 374 valence electrons. The van der Waals surface area contributed by atoms with Gasteiger partial charge in [-0.05, 0) is 147 Å². The van der Waals surface area contributed by atoms with Crippen LogP contribution in [-0.4, -0.2) is 0 Å². The van der Waals surface area contributed by atoms with Crippen molar-refractivity contribution in [3.05, 3.63) is 203 Å². The van der Waals surface area contributed by atoms with E-state index in [2.05, 4.69) is 267 Å². The maximum atomic E-state index is 2.48. The Morgan fingerprint density at radius 3 is 1.63 bits per heavy atom. The van der Waals surface area contributed by atoms with Crippen LogP contribution in [-0.2, 0) is 0 Å². The van der Waals surface area contributed by atoms with Crippen LogP contribution in [0, 0.1) is 23.7 Å². The highest BCUT2D eigenvalue weighted by molar-refractivity contribution is 6.18. The molecule has 0 heteroatoms. The van der Waals surface area contributed by atoms with E-state index >= 15 is 0 Å². The first kappa shape index (κ1) is 60.4. The van der Waals surface area contributed by atoms with Crippen molar-refractivity contribution in [1.29, 1.82) is 0 Å². The first-order valence-corrected chi connectivity index (χ1v) is 27.1. The maximum absolute atomic E-state index is 2.48. The number of hydrogen-bond acceptors (Lipinski definition) is 0. The second-order valence-electron chi connectivity index (χ2n) is 18.8. The molecule has 0 fully saturated rings. The van der Waals surface area contributed by atoms with Gasteiger partial charge in [0.2, 0.25) is 0 Å². The molecular formula is C70H94. The van der Waals surface area contributed by atoms with Gasteiger partial charge in [0.25, 0.3) is 0 Å². The monoisotopic (exact) mass is 935 g/mol. The van der Waals surface area contributed by atoms with Crippen LogP contribution in [0.25, 0.3) is 54.6 Å². The fraction of sp³-hybridized carbons (Fsp3) is 0.371. The van der Waals surface area contributed by atoms with Gasteiger partial charge in [-0.1, -0.05) is 285 Å². The highest BCUT2D eigenvalue weighted by Gasteiger charge is 2.20. The zero-order valence-electron chi connectivity index (χ0n) is 47.3. The summed E-state index contributed by atoms with van der Waals surface area (Å²) in [4.78, 5) is 0. The molecule has 0 nitrogen and oxygen atoms in total. The fourth-order valence-electron chi connectivity index (χ4n) is 7.85. The van der Waals surface area contributed by atoms with Gasteiger partial charge in [0.1, 0.15) is 0 Å². The molecule has 0 saturated carbocycles. The number of rotatable bonds is 18. The molecule has 0 radical (unpaired) electrons. The first-order valence-electron chi connectivity index (χ1n) is 27.1. The summed E-state index contributed by atoms with van der Waals surface area (Å²) in [5.74, 6) is 1.70. The molecule has 0 spiro atoms.